The molecule has 1 saturated carbocycles. The fourth-order valence-electron chi connectivity index (χ4n) is 7.05. The number of carbonyl (C=O) groups excluding carboxylic acids is 1. The smallest absolute Gasteiger partial charge is 0.308 e. The third-order valence-corrected chi connectivity index (χ3v) is 8.63. The molecule has 2 aromatic carbocycles. The van der Waals surface area contributed by atoms with E-state index >= 15 is 0 Å². The molecule has 0 unspecified atom stereocenters. The van der Waals surface area contributed by atoms with Gasteiger partial charge in [-0.25, -0.2) is 9.78 Å². The van der Waals surface area contributed by atoms with Crippen LogP contribution in [-0.4, -0.2) is 23.6 Å². The maximum atomic E-state index is 12.0. The van der Waals surface area contributed by atoms with E-state index in [2.05, 4.69) is 26.0 Å². The van der Waals surface area contributed by atoms with Crippen molar-refractivity contribution < 1.29 is 28.8 Å². The van der Waals surface area contributed by atoms with Gasteiger partial charge in [0.15, 0.2) is 11.9 Å². The van der Waals surface area contributed by atoms with Gasteiger partial charge in [-0.1, -0.05) is 44.2 Å². The van der Waals surface area contributed by atoms with Crippen LogP contribution in [0.2, 0.25) is 0 Å². The lowest BCUT2D eigenvalue weighted by Gasteiger charge is -2.60. The number of ether oxygens (including phenoxy) is 3. The number of carbonyl (C=O) groups is 1. The lowest BCUT2D eigenvalue weighted by Crippen LogP contribution is -2.69. The van der Waals surface area contributed by atoms with Crippen molar-refractivity contribution >= 4 is 16.7 Å². The molecule has 8 atom stereocenters. The number of rotatable bonds is 2. The summed E-state index contributed by atoms with van der Waals surface area (Å²) in [4.78, 5) is 24.2. The van der Waals surface area contributed by atoms with Crippen LogP contribution in [0.15, 0.2) is 36.4 Å². The summed E-state index contributed by atoms with van der Waals surface area (Å²) < 4.78 is 19.1. The lowest BCUT2D eigenvalue weighted by molar-refractivity contribution is -0.571. The molecule has 2 aromatic rings. The molecule has 6 heteroatoms. The van der Waals surface area contributed by atoms with Gasteiger partial charge in [-0.05, 0) is 60.8 Å². The summed E-state index contributed by atoms with van der Waals surface area (Å²) in [6.45, 7) is 7.92. The Morgan fingerprint density at radius 3 is 2.67 bits per heavy atom. The summed E-state index contributed by atoms with van der Waals surface area (Å²) in [5.74, 6) is 0.539. The van der Waals surface area contributed by atoms with Gasteiger partial charge in [-0.3, -0.25) is 4.79 Å². The summed E-state index contributed by atoms with van der Waals surface area (Å²) in [7, 11) is 0. The Morgan fingerprint density at radius 2 is 1.85 bits per heavy atom. The molecule has 6 nitrogen and oxygen atoms in total. The third kappa shape index (κ3) is 3.11. The van der Waals surface area contributed by atoms with Crippen LogP contribution < -0.4 is 4.74 Å². The van der Waals surface area contributed by atoms with Crippen molar-refractivity contribution in [1.29, 1.82) is 0 Å². The maximum Gasteiger partial charge on any atom is 0.308 e. The number of esters is 1. The van der Waals surface area contributed by atoms with Gasteiger partial charge in [-0.2, -0.15) is 0 Å². The summed E-state index contributed by atoms with van der Waals surface area (Å²) >= 11 is 0. The van der Waals surface area contributed by atoms with E-state index in [0.29, 0.717) is 17.6 Å². The van der Waals surface area contributed by atoms with E-state index in [4.69, 9.17) is 24.0 Å². The highest BCUT2D eigenvalue weighted by molar-refractivity contribution is 5.89. The number of fused-ring (bicyclic) bond motifs is 3. The Kier molecular flexibility index (Phi) is 4.90. The number of benzene rings is 2. The average Bonchev–Trinajstić information content (AvgIpc) is 3.02. The monoisotopic (exact) mass is 452 g/mol. The van der Waals surface area contributed by atoms with Gasteiger partial charge in [-0.15, -0.1) is 0 Å². The molecule has 4 heterocycles. The van der Waals surface area contributed by atoms with Gasteiger partial charge in [0.25, 0.3) is 0 Å². The molecule has 4 aliphatic heterocycles. The van der Waals surface area contributed by atoms with E-state index in [1.54, 1.807) is 0 Å². The molecular weight excluding hydrogens is 420 g/mol. The fourth-order valence-corrected chi connectivity index (χ4v) is 7.05. The highest BCUT2D eigenvalue weighted by atomic mass is 17.3. The highest BCUT2D eigenvalue weighted by Crippen LogP contribution is 2.63. The van der Waals surface area contributed by atoms with E-state index in [-0.39, 0.29) is 23.9 Å². The van der Waals surface area contributed by atoms with Crippen LogP contribution >= 0.6 is 0 Å². The lowest BCUT2D eigenvalue weighted by atomic mass is 9.57. The van der Waals surface area contributed by atoms with Crippen molar-refractivity contribution in [3.05, 3.63) is 42.0 Å². The van der Waals surface area contributed by atoms with Crippen molar-refractivity contribution in [3.63, 3.8) is 0 Å². The number of hydrogen-bond donors (Lipinski definition) is 0. The Morgan fingerprint density at radius 1 is 1.03 bits per heavy atom. The van der Waals surface area contributed by atoms with Gasteiger partial charge >= 0.3 is 5.97 Å². The van der Waals surface area contributed by atoms with E-state index in [0.717, 1.165) is 42.0 Å². The first kappa shape index (κ1) is 21.5. The second-order valence-corrected chi connectivity index (χ2v) is 10.6. The van der Waals surface area contributed by atoms with Crippen molar-refractivity contribution in [2.75, 3.05) is 0 Å². The Hall–Kier alpha value is -1.99. The maximum absolute atomic E-state index is 12.0. The van der Waals surface area contributed by atoms with E-state index in [9.17, 15) is 4.79 Å². The van der Waals surface area contributed by atoms with E-state index in [1.165, 1.54) is 6.92 Å². The molecule has 2 bridgehead atoms. The van der Waals surface area contributed by atoms with Crippen LogP contribution in [-0.2, 0) is 24.0 Å². The standard InChI is InChI=1S/C27H32O6/c1-15-9-11-21-16(2)24(30-25-27(21)20(15)13-14-26(4,31-25)32-33-27)23-19-8-6-5-7-18(19)10-12-22(23)29-17(3)28/h5-8,10,12,15-16,20-21,24-25H,9,11,13-14H2,1-4H3/t15-,16+,20+,21+,24+,25-,26-,27-/m1/s1. The Balaban J connectivity index is 1.51. The molecular formula is C27H32O6. The summed E-state index contributed by atoms with van der Waals surface area (Å²) in [5.41, 5.74) is 0.297. The van der Waals surface area contributed by atoms with Crippen molar-refractivity contribution in [3.8, 4) is 5.75 Å². The second kappa shape index (κ2) is 7.51. The predicted molar refractivity (Wildman–Crippen MR) is 121 cm³/mol. The Labute approximate surface area is 194 Å². The average molecular weight is 453 g/mol. The molecule has 1 aliphatic carbocycles. The third-order valence-electron chi connectivity index (χ3n) is 8.63. The van der Waals surface area contributed by atoms with Gasteiger partial charge in [0.2, 0.25) is 5.79 Å². The minimum atomic E-state index is -0.819. The van der Waals surface area contributed by atoms with Crippen LogP contribution in [0.1, 0.15) is 65.0 Å². The SMILES string of the molecule is CC(=O)Oc1ccc2ccccc2c1[C@H]1O[C@@H]2O[C@@]3(C)CC[C@H]4[C@H](C)CC[C@@H]([C@@H]1C)[C@@]24OO3. The first-order valence-corrected chi connectivity index (χ1v) is 12.2. The minimum absolute atomic E-state index is 0.117. The topological polar surface area (TPSA) is 63.2 Å². The van der Waals surface area contributed by atoms with Gasteiger partial charge < -0.3 is 14.2 Å². The van der Waals surface area contributed by atoms with Crippen LogP contribution in [0.25, 0.3) is 10.8 Å². The largest absolute Gasteiger partial charge is 0.426 e. The van der Waals surface area contributed by atoms with Gasteiger partial charge in [0.05, 0.1) is 6.10 Å². The molecule has 0 N–H and O–H groups in total. The van der Waals surface area contributed by atoms with E-state index < -0.39 is 17.7 Å². The Bertz CT molecular complexity index is 1100. The molecule has 7 rings (SSSR count). The molecule has 1 spiro atoms. The summed E-state index contributed by atoms with van der Waals surface area (Å²) in [6.07, 6.45) is 3.11. The quantitative estimate of drug-likeness (QED) is 0.331. The molecule has 33 heavy (non-hydrogen) atoms. The van der Waals surface area contributed by atoms with Crippen molar-refractivity contribution in [2.45, 2.75) is 77.2 Å². The van der Waals surface area contributed by atoms with Gasteiger partial charge in [0.1, 0.15) is 5.75 Å². The molecule has 5 aliphatic rings. The zero-order valence-corrected chi connectivity index (χ0v) is 19.7. The van der Waals surface area contributed by atoms with Crippen molar-refractivity contribution in [2.24, 2.45) is 23.7 Å². The van der Waals surface area contributed by atoms with Gasteiger partial charge in [0, 0.05) is 24.8 Å². The molecule has 176 valence electrons. The van der Waals surface area contributed by atoms with Crippen LogP contribution in [0, 0.1) is 23.7 Å². The van der Waals surface area contributed by atoms with Crippen molar-refractivity contribution in [1.82, 2.24) is 0 Å². The number of hydrogen-bond acceptors (Lipinski definition) is 6. The second-order valence-electron chi connectivity index (χ2n) is 10.6. The minimum Gasteiger partial charge on any atom is -0.426 e. The highest BCUT2D eigenvalue weighted by Gasteiger charge is 2.69. The normalized spacial score (nSPS) is 41.9. The molecule has 0 aromatic heterocycles. The molecule has 5 fully saturated rings. The predicted octanol–water partition coefficient (Wildman–Crippen LogP) is 5.69. The zero-order valence-electron chi connectivity index (χ0n) is 19.7. The van der Waals surface area contributed by atoms with E-state index in [1.807, 2.05) is 31.2 Å². The first-order valence-electron chi connectivity index (χ1n) is 12.2. The summed E-state index contributed by atoms with van der Waals surface area (Å²) in [6, 6.07) is 12.1. The van der Waals surface area contributed by atoms with Crippen LogP contribution in [0.5, 0.6) is 5.75 Å². The molecule has 0 amide bonds. The molecule has 0 radical (unpaired) electrons. The summed E-state index contributed by atoms with van der Waals surface area (Å²) in [5, 5.41) is 2.12. The first-order chi connectivity index (χ1) is 15.8. The zero-order chi connectivity index (χ0) is 23.0. The van der Waals surface area contributed by atoms with Crippen LogP contribution in [0.4, 0.5) is 0 Å². The fraction of sp³-hybridized carbons (Fsp3) is 0.593. The van der Waals surface area contributed by atoms with Crippen LogP contribution in [0.3, 0.4) is 0 Å². The molecule has 4 saturated heterocycles.